The molecule has 6 rings (SSSR count). The minimum atomic E-state index is 0.0654. The summed E-state index contributed by atoms with van der Waals surface area (Å²) >= 11 is 0. The Labute approximate surface area is 356 Å². The normalized spacial score (nSPS) is 15.0. The second kappa shape index (κ2) is 19.8. The number of hydrogen-bond acceptors (Lipinski definition) is 9. The van der Waals surface area contributed by atoms with Crippen molar-refractivity contribution in [1.82, 2.24) is 14.7 Å². The number of benzene rings is 4. The van der Waals surface area contributed by atoms with E-state index in [1.54, 1.807) is 42.7 Å². The number of carbonyl (C=O) groups is 2. The monoisotopic (exact) mass is 821 g/mol. The van der Waals surface area contributed by atoms with E-state index in [2.05, 4.69) is 19.0 Å². The number of ether oxygens (including phenoxy) is 6. The van der Waals surface area contributed by atoms with Gasteiger partial charge in [-0.15, -0.1) is 0 Å². The maximum atomic E-state index is 13.9. The molecule has 4 aromatic carbocycles. The zero-order valence-corrected chi connectivity index (χ0v) is 37.2. The summed E-state index contributed by atoms with van der Waals surface area (Å²) in [6.45, 7) is 7.08. The molecule has 0 bridgehead atoms. The molecule has 11 nitrogen and oxygen atoms in total. The predicted molar refractivity (Wildman–Crippen MR) is 237 cm³/mol. The zero-order chi connectivity index (χ0) is 43.1. The van der Waals surface area contributed by atoms with Gasteiger partial charge in [-0.25, -0.2) is 0 Å². The molecule has 322 valence electrons. The molecule has 2 saturated heterocycles. The highest BCUT2D eigenvalue weighted by atomic mass is 16.5. The lowest BCUT2D eigenvalue weighted by Crippen LogP contribution is -2.42. The number of nitrogens with zero attached hydrogens (tertiary/aromatic N) is 3. The number of carbonyl (C=O) groups excluding carboxylic acids is 2. The maximum absolute atomic E-state index is 13.9. The largest absolute Gasteiger partial charge is 0.493 e. The maximum Gasteiger partial charge on any atom is 0.253 e. The summed E-state index contributed by atoms with van der Waals surface area (Å²) < 4.78 is 33.5. The van der Waals surface area contributed by atoms with Crippen molar-refractivity contribution < 1.29 is 38.0 Å². The van der Waals surface area contributed by atoms with Crippen LogP contribution in [0.1, 0.15) is 70.4 Å². The Morgan fingerprint density at radius 3 is 1.17 bits per heavy atom. The van der Waals surface area contributed by atoms with E-state index in [1.165, 1.54) is 0 Å². The number of amides is 2. The number of piperidine rings is 2. The highest BCUT2D eigenvalue weighted by molar-refractivity contribution is 5.97. The number of aryl methyl sites for hydroxylation is 2. The van der Waals surface area contributed by atoms with Crippen LogP contribution in [-0.4, -0.2) is 115 Å². The van der Waals surface area contributed by atoms with Crippen LogP contribution in [0.25, 0.3) is 22.3 Å². The highest BCUT2D eigenvalue weighted by Crippen LogP contribution is 2.43. The van der Waals surface area contributed by atoms with Crippen LogP contribution in [-0.2, 0) is 0 Å². The standard InChI is InChI=1S/C49H63N3O8/c1-31-11-13-35(25-40(31)37-27-42(55-5)46(59-9)43(28-37)56-6)48(53)51-19-15-33(16-20-51)23-39(50(3)4)24-34-17-21-52(22-18-34)49(54)36-14-12-32(2)41(26-36)38-29-44(57-7)47(60-10)45(30-38)58-8/h11-14,25-30,33-34,39H,15-24H2,1-10H3. The molecule has 0 atom stereocenters. The second-order valence-corrected chi connectivity index (χ2v) is 16.4. The van der Waals surface area contributed by atoms with Crippen LogP contribution >= 0.6 is 0 Å². The van der Waals surface area contributed by atoms with Gasteiger partial charge in [-0.1, -0.05) is 12.1 Å². The summed E-state index contributed by atoms with van der Waals surface area (Å²) in [5, 5.41) is 0. The topological polar surface area (TPSA) is 99.2 Å². The van der Waals surface area contributed by atoms with Crippen molar-refractivity contribution in [1.29, 1.82) is 0 Å². The fourth-order valence-electron chi connectivity index (χ4n) is 9.00. The van der Waals surface area contributed by atoms with Gasteiger partial charge in [0.15, 0.2) is 23.0 Å². The van der Waals surface area contributed by atoms with Gasteiger partial charge < -0.3 is 43.1 Å². The smallest absolute Gasteiger partial charge is 0.253 e. The fraction of sp³-hybridized carbons (Fsp3) is 0.469. The van der Waals surface area contributed by atoms with Crippen LogP contribution < -0.4 is 28.4 Å². The molecule has 2 amide bonds. The highest BCUT2D eigenvalue weighted by Gasteiger charge is 2.31. The summed E-state index contributed by atoms with van der Waals surface area (Å²) in [6.07, 6.45) is 6.17. The lowest BCUT2D eigenvalue weighted by Gasteiger charge is -2.38. The molecule has 60 heavy (non-hydrogen) atoms. The van der Waals surface area contributed by atoms with Gasteiger partial charge in [-0.05, 0) is 160 Å². The minimum Gasteiger partial charge on any atom is -0.493 e. The first-order valence-electron chi connectivity index (χ1n) is 21.0. The summed E-state index contributed by atoms with van der Waals surface area (Å²) in [5.74, 6) is 4.60. The van der Waals surface area contributed by atoms with Crippen molar-refractivity contribution in [2.24, 2.45) is 11.8 Å². The zero-order valence-electron chi connectivity index (χ0n) is 37.2. The molecule has 0 unspecified atom stereocenters. The Kier molecular flexibility index (Phi) is 14.5. The molecule has 0 N–H and O–H groups in total. The molecule has 11 heteroatoms. The van der Waals surface area contributed by atoms with Gasteiger partial charge in [-0.3, -0.25) is 9.59 Å². The Hall–Kier alpha value is -5.42. The van der Waals surface area contributed by atoms with Gasteiger partial charge in [0.05, 0.1) is 42.7 Å². The molecule has 0 saturated carbocycles. The molecule has 2 fully saturated rings. The van der Waals surface area contributed by atoms with E-state index in [0.717, 1.165) is 98.1 Å². The average molecular weight is 822 g/mol. The van der Waals surface area contributed by atoms with Gasteiger partial charge in [0.2, 0.25) is 11.5 Å². The molecule has 0 spiro atoms. The molecule has 0 aliphatic carbocycles. The van der Waals surface area contributed by atoms with Gasteiger partial charge in [0.1, 0.15) is 0 Å². The van der Waals surface area contributed by atoms with Crippen LogP contribution in [0.3, 0.4) is 0 Å². The van der Waals surface area contributed by atoms with E-state index in [-0.39, 0.29) is 11.8 Å². The van der Waals surface area contributed by atoms with Crippen molar-refractivity contribution in [2.45, 2.75) is 58.4 Å². The minimum absolute atomic E-state index is 0.0654. The quantitative estimate of drug-likeness (QED) is 0.117. The van der Waals surface area contributed by atoms with E-state index in [9.17, 15) is 9.59 Å². The third kappa shape index (κ3) is 9.62. The number of likely N-dealkylation sites (tertiary alicyclic amines) is 2. The van der Waals surface area contributed by atoms with Crippen molar-refractivity contribution in [2.75, 3.05) is 82.9 Å². The molecular weight excluding hydrogens is 759 g/mol. The Morgan fingerprint density at radius 1 is 0.550 bits per heavy atom. The van der Waals surface area contributed by atoms with Crippen molar-refractivity contribution >= 4 is 11.8 Å². The molecule has 0 radical (unpaired) electrons. The molecule has 4 aromatic rings. The fourth-order valence-corrected chi connectivity index (χ4v) is 9.00. The number of hydrogen-bond donors (Lipinski definition) is 0. The summed E-state index contributed by atoms with van der Waals surface area (Å²) in [6, 6.07) is 20.0. The van der Waals surface area contributed by atoms with E-state index < -0.39 is 0 Å². The van der Waals surface area contributed by atoms with Crippen LogP contribution in [0.4, 0.5) is 0 Å². The lowest BCUT2D eigenvalue weighted by molar-refractivity contribution is 0.0644. The van der Waals surface area contributed by atoms with Crippen LogP contribution in [0.2, 0.25) is 0 Å². The molecule has 0 aromatic heterocycles. The predicted octanol–water partition coefficient (Wildman–Crippen LogP) is 8.80. The second-order valence-electron chi connectivity index (χ2n) is 16.4. The number of methoxy groups -OCH3 is 6. The molecule has 2 aliphatic heterocycles. The first kappa shape index (κ1) is 44.1. The molecule has 2 aliphatic rings. The lowest BCUT2D eigenvalue weighted by atomic mass is 9.83. The van der Waals surface area contributed by atoms with Crippen molar-refractivity contribution in [3.63, 3.8) is 0 Å². The third-order valence-corrected chi connectivity index (χ3v) is 12.7. The van der Waals surface area contributed by atoms with E-state index in [1.807, 2.05) is 84.3 Å². The Bertz CT molecular complexity index is 1940. The van der Waals surface area contributed by atoms with Gasteiger partial charge >= 0.3 is 0 Å². The third-order valence-electron chi connectivity index (χ3n) is 12.7. The Morgan fingerprint density at radius 2 is 0.883 bits per heavy atom. The first-order valence-corrected chi connectivity index (χ1v) is 21.0. The first-order chi connectivity index (χ1) is 28.9. The number of rotatable bonds is 15. The van der Waals surface area contributed by atoms with Crippen LogP contribution in [0.5, 0.6) is 34.5 Å². The summed E-state index contributed by atoms with van der Waals surface area (Å²) in [5.41, 5.74) is 7.18. The summed E-state index contributed by atoms with van der Waals surface area (Å²) in [4.78, 5) is 34.2. The Balaban J connectivity index is 1.03. The molecular formula is C49H63N3O8. The van der Waals surface area contributed by atoms with E-state index in [4.69, 9.17) is 28.4 Å². The molecule has 2 heterocycles. The van der Waals surface area contributed by atoms with Crippen LogP contribution in [0, 0.1) is 25.7 Å². The van der Waals surface area contributed by atoms with E-state index >= 15 is 0 Å². The summed E-state index contributed by atoms with van der Waals surface area (Å²) in [7, 11) is 14.0. The van der Waals surface area contributed by atoms with Crippen LogP contribution in [0.15, 0.2) is 60.7 Å². The SMILES string of the molecule is COc1cc(-c2cc(C(=O)N3CCC(CC(CC4CCN(C(=O)c5ccc(C)c(-c6cc(OC)c(OC)c(OC)c6)c5)CC4)N(C)C)CC3)ccc2C)cc(OC)c1OC. The van der Waals surface area contributed by atoms with E-state index in [0.29, 0.717) is 63.5 Å². The van der Waals surface area contributed by atoms with Crippen molar-refractivity contribution in [3.8, 4) is 56.8 Å². The van der Waals surface area contributed by atoms with Gasteiger partial charge in [-0.2, -0.15) is 0 Å². The van der Waals surface area contributed by atoms with Crippen molar-refractivity contribution in [3.05, 3.63) is 82.9 Å². The average Bonchev–Trinajstić information content (AvgIpc) is 3.27. The van der Waals surface area contributed by atoms with Gasteiger partial charge in [0.25, 0.3) is 11.8 Å². The van der Waals surface area contributed by atoms with Gasteiger partial charge in [0, 0.05) is 43.3 Å².